The van der Waals surface area contributed by atoms with E-state index in [1.807, 2.05) is 0 Å². The van der Waals surface area contributed by atoms with E-state index in [-0.39, 0.29) is 17.2 Å². The third-order valence-electron chi connectivity index (χ3n) is 2.26. The van der Waals surface area contributed by atoms with Crippen LogP contribution in [0.1, 0.15) is 20.0 Å². The summed E-state index contributed by atoms with van der Waals surface area (Å²) >= 11 is 10.1. The van der Waals surface area contributed by atoms with Gasteiger partial charge in [0, 0.05) is 4.47 Å². The summed E-state index contributed by atoms with van der Waals surface area (Å²) in [5, 5.41) is 11.6. The fourth-order valence-corrected chi connectivity index (χ4v) is 2.72. The summed E-state index contributed by atoms with van der Waals surface area (Å²) in [4.78, 5) is 23.4. The number of carbonyl (C=O) groups excluding carboxylic acids is 1. The Hall–Kier alpha value is -1.37. The van der Waals surface area contributed by atoms with E-state index in [0.29, 0.717) is 13.7 Å². The quantitative estimate of drug-likeness (QED) is 0.865. The second-order valence-corrected chi connectivity index (χ2v) is 6.18. The first-order valence-corrected chi connectivity index (χ1v) is 7.05. The number of carboxylic acid groups (broad SMARTS) is 1. The van der Waals surface area contributed by atoms with Gasteiger partial charge in [-0.05, 0) is 30.3 Å². The van der Waals surface area contributed by atoms with E-state index in [9.17, 15) is 9.59 Å². The van der Waals surface area contributed by atoms with Crippen LogP contribution in [0.4, 0.5) is 5.69 Å². The van der Waals surface area contributed by atoms with Gasteiger partial charge in [0.1, 0.15) is 0 Å². The first-order chi connectivity index (χ1) is 8.97. The number of carbonyl (C=O) groups is 2. The molecule has 1 heterocycles. The molecule has 0 spiro atoms. The Kier molecular flexibility index (Phi) is 4.24. The van der Waals surface area contributed by atoms with Crippen LogP contribution in [0.25, 0.3) is 0 Å². The van der Waals surface area contributed by atoms with Crippen LogP contribution in [0.15, 0.2) is 34.8 Å². The molecule has 0 aliphatic heterocycles. The predicted octanol–water partition coefficient (Wildman–Crippen LogP) is 4.11. The van der Waals surface area contributed by atoms with Crippen LogP contribution >= 0.6 is 38.9 Å². The van der Waals surface area contributed by atoms with Crippen molar-refractivity contribution in [3.8, 4) is 0 Å². The van der Waals surface area contributed by atoms with Crippen LogP contribution in [0, 0.1) is 0 Å². The topological polar surface area (TPSA) is 66.4 Å². The summed E-state index contributed by atoms with van der Waals surface area (Å²) in [6, 6.07) is 7.81. The molecule has 7 heteroatoms. The average Bonchev–Trinajstić information content (AvgIpc) is 2.78. The minimum atomic E-state index is -1.11. The molecule has 4 nitrogen and oxygen atoms in total. The molecule has 0 atom stereocenters. The van der Waals surface area contributed by atoms with Crippen molar-refractivity contribution in [2.24, 2.45) is 0 Å². The Morgan fingerprint density at radius 3 is 2.58 bits per heavy atom. The third-order valence-corrected chi connectivity index (χ3v) is 3.98. The largest absolute Gasteiger partial charge is 0.478 e. The van der Waals surface area contributed by atoms with Gasteiger partial charge in [0.05, 0.1) is 20.5 Å². The second kappa shape index (κ2) is 5.73. The van der Waals surface area contributed by atoms with Crippen molar-refractivity contribution in [1.29, 1.82) is 0 Å². The third kappa shape index (κ3) is 3.34. The summed E-state index contributed by atoms with van der Waals surface area (Å²) < 4.78 is 1.13. The monoisotopic (exact) mass is 359 g/mol. The average molecular weight is 361 g/mol. The maximum absolute atomic E-state index is 11.9. The summed E-state index contributed by atoms with van der Waals surface area (Å²) in [6.45, 7) is 0. The SMILES string of the molecule is O=C(Nc1ccc(Br)cc1C(=O)O)c1ccc(Cl)s1. The molecule has 19 heavy (non-hydrogen) atoms. The number of anilines is 1. The van der Waals surface area contributed by atoms with Gasteiger partial charge in [-0.25, -0.2) is 4.79 Å². The number of benzene rings is 1. The highest BCUT2D eigenvalue weighted by atomic mass is 79.9. The maximum Gasteiger partial charge on any atom is 0.337 e. The van der Waals surface area contributed by atoms with E-state index in [1.165, 1.54) is 12.1 Å². The maximum atomic E-state index is 11.9. The van der Waals surface area contributed by atoms with E-state index in [1.54, 1.807) is 18.2 Å². The Bertz CT molecular complexity index is 656. The number of amides is 1. The summed E-state index contributed by atoms with van der Waals surface area (Å²) in [7, 11) is 0. The molecule has 2 N–H and O–H groups in total. The highest BCUT2D eigenvalue weighted by Gasteiger charge is 2.15. The summed E-state index contributed by atoms with van der Waals surface area (Å²) in [6.07, 6.45) is 0. The smallest absolute Gasteiger partial charge is 0.337 e. The van der Waals surface area contributed by atoms with Gasteiger partial charge in [-0.15, -0.1) is 11.3 Å². The molecule has 1 aromatic carbocycles. The number of hydrogen-bond acceptors (Lipinski definition) is 3. The zero-order chi connectivity index (χ0) is 14.0. The molecule has 0 radical (unpaired) electrons. The molecule has 1 amide bonds. The van der Waals surface area contributed by atoms with E-state index >= 15 is 0 Å². The van der Waals surface area contributed by atoms with E-state index in [0.717, 1.165) is 11.3 Å². The zero-order valence-electron chi connectivity index (χ0n) is 9.31. The van der Waals surface area contributed by atoms with Crippen LogP contribution < -0.4 is 5.32 Å². The van der Waals surface area contributed by atoms with Crippen LogP contribution in [0.2, 0.25) is 4.34 Å². The minimum absolute atomic E-state index is 0.0189. The van der Waals surface area contributed by atoms with E-state index in [2.05, 4.69) is 21.2 Å². The van der Waals surface area contributed by atoms with Crippen molar-refractivity contribution < 1.29 is 14.7 Å². The van der Waals surface area contributed by atoms with Crippen molar-refractivity contribution in [1.82, 2.24) is 0 Å². The highest BCUT2D eigenvalue weighted by molar-refractivity contribution is 9.10. The van der Waals surface area contributed by atoms with Gasteiger partial charge < -0.3 is 10.4 Å². The van der Waals surface area contributed by atoms with Gasteiger partial charge in [0.15, 0.2) is 0 Å². The Morgan fingerprint density at radius 1 is 1.26 bits per heavy atom. The molecule has 0 unspecified atom stereocenters. The molecule has 98 valence electrons. The van der Waals surface area contributed by atoms with Gasteiger partial charge in [-0.1, -0.05) is 27.5 Å². The Morgan fingerprint density at radius 2 is 2.00 bits per heavy atom. The first kappa shape index (κ1) is 14.0. The lowest BCUT2D eigenvalue weighted by atomic mass is 10.2. The molecule has 0 aliphatic carbocycles. The standard InChI is InChI=1S/C12H7BrClNO3S/c13-6-1-2-8(7(5-6)12(17)18)15-11(16)9-3-4-10(14)19-9/h1-5H,(H,15,16)(H,17,18). The van der Waals surface area contributed by atoms with E-state index < -0.39 is 5.97 Å². The Labute approximate surface area is 126 Å². The lowest BCUT2D eigenvalue weighted by molar-refractivity contribution is 0.0698. The zero-order valence-corrected chi connectivity index (χ0v) is 12.5. The first-order valence-electron chi connectivity index (χ1n) is 5.07. The predicted molar refractivity (Wildman–Crippen MR) is 78.4 cm³/mol. The van der Waals surface area contributed by atoms with Crippen LogP contribution in [0.3, 0.4) is 0 Å². The minimum Gasteiger partial charge on any atom is -0.478 e. The Balaban J connectivity index is 2.28. The van der Waals surface area contributed by atoms with Crippen molar-refractivity contribution in [3.63, 3.8) is 0 Å². The van der Waals surface area contributed by atoms with Gasteiger partial charge in [0.25, 0.3) is 5.91 Å². The lowest BCUT2D eigenvalue weighted by Gasteiger charge is -2.07. The molecule has 1 aromatic heterocycles. The fraction of sp³-hybridized carbons (Fsp3) is 0. The van der Waals surface area contributed by atoms with Crippen LogP contribution in [-0.4, -0.2) is 17.0 Å². The molecular formula is C12H7BrClNO3S. The van der Waals surface area contributed by atoms with Crippen molar-refractivity contribution >= 4 is 56.4 Å². The molecular weight excluding hydrogens is 354 g/mol. The normalized spacial score (nSPS) is 10.2. The number of rotatable bonds is 3. The van der Waals surface area contributed by atoms with Gasteiger partial charge in [-0.3, -0.25) is 4.79 Å². The van der Waals surface area contributed by atoms with Gasteiger partial charge >= 0.3 is 5.97 Å². The highest BCUT2D eigenvalue weighted by Crippen LogP contribution is 2.25. The number of aromatic carboxylic acids is 1. The number of carboxylic acids is 1. The molecule has 0 saturated heterocycles. The van der Waals surface area contributed by atoms with Gasteiger partial charge in [-0.2, -0.15) is 0 Å². The van der Waals surface area contributed by atoms with Crippen LogP contribution in [0.5, 0.6) is 0 Å². The van der Waals surface area contributed by atoms with Crippen molar-refractivity contribution in [3.05, 3.63) is 49.6 Å². The number of hydrogen-bond donors (Lipinski definition) is 2. The van der Waals surface area contributed by atoms with E-state index in [4.69, 9.17) is 16.7 Å². The number of thiophene rings is 1. The molecule has 0 aliphatic rings. The fourth-order valence-electron chi connectivity index (χ4n) is 1.42. The summed E-state index contributed by atoms with van der Waals surface area (Å²) in [5.74, 6) is -1.50. The molecule has 2 rings (SSSR count). The number of nitrogens with one attached hydrogen (secondary N) is 1. The molecule has 0 fully saturated rings. The lowest BCUT2D eigenvalue weighted by Crippen LogP contribution is -2.13. The van der Waals surface area contributed by atoms with Crippen molar-refractivity contribution in [2.45, 2.75) is 0 Å². The molecule has 0 bridgehead atoms. The molecule has 0 saturated carbocycles. The second-order valence-electron chi connectivity index (χ2n) is 3.55. The van der Waals surface area contributed by atoms with Gasteiger partial charge in [0.2, 0.25) is 0 Å². The summed E-state index contributed by atoms with van der Waals surface area (Å²) in [5.41, 5.74) is 0.260. The van der Waals surface area contributed by atoms with Crippen molar-refractivity contribution in [2.75, 3.05) is 5.32 Å². The molecule has 2 aromatic rings. The number of halogens is 2. The van der Waals surface area contributed by atoms with Crippen LogP contribution in [-0.2, 0) is 0 Å².